The van der Waals surface area contributed by atoms with E-state index in [-0.39, 0.29) is 38.7 Å². The van der Waals surface area contributed by atoms with Crippen LogP contribution < -0.4 is 10.6 Å². The second-order valence-electron chi connectivity index (χ2n) is 13.9. The van der Waals surface area contributed by atoms with Crippen LogP contribution in [0.5, 0.6) is 0 Å². The van der Waals surface area contributed by atoms with Gasteiger partial charge < -0.3 is 20.4 Å². The van der Waals surface area contributed by atoms with Crippen molar-refractivity contribution in [1.29, 1.82) is 0 Å². The second kappa shape index (κ2) is 35.0. The molecule has 3 atom stereocenters. The van der Waals surface area contributed by atoms with Crippen molar-refractivity contribution in [3.8, 4) is 0 Å². The molecule has 16 heteroatoms. The van der Waals surface area contributed by atoms with Crippen LogP contribution in [0.4, 0.5) is 0 Å². The molecule has 60 heavy (non-hydrogen) atoms. The molecule has 3 heterocycles. The third-order valence-electron chi connectivity index (χ3n) is 9.73. The van der Waals surface area contributed by atoms with Gasteiger partial charge in [-0.3, -0.25) is 34.6 Å². The molecule has 323 valence electrons. The summed E-state index contributed by atoms with van der Waals surface area (Å²) in [5.74, 6) is -2.47. The molecule has 1 aliphatic heterocycles. The molecule has 4 rings (SSSR count). The fraction of sp³-hybridized carbons (Fsp3) is 0.477. The average Bonchev–Trinajstić information content (AvgIpc) is 3.78. The molecule has 1 saturated heterocycles. The molecule has 15 nitrogen and oxygen atoms in total. The smallest absolute Gasteiger partial charge is 0 e. The maximum Gasteiger partial charge on any atom is 0 e. The normalized spacial score (nSPS) is 13.6. The molecule has 4 N–H and O–H groups in total. The summed E-state index contributed by atoms with van der Waals surface area (Å²) in [6.07, 6.45) is 12.4. The van der Waals surface area contributed by atoms with Crippen LogP contribution in [0.1, 0.15) is 94.0 Å². The van der Waals surface area contributed by atoms with E-state index in [1.165, 1.54) is 4.90 Å². The number of hydrogen-bond acceptors (Lipinski definition) is 8. The van der Waals surface area contributed by atoms with Gasteiger partial charge in [-0.25, -0.2) is 4.79 Å². The molecule has 2 aromatic heterocycles. The fourth-order valence-corrected chi connectivity index (χ4v) is 6.84. The number of aromatic nitrogens is 2. The van der Waals surface area contributed by atoms with Crippen LogP contribution in [-0.2, 0) is 73.1 Å². The second-order valence-corrected chi connectivity index (χ2v) is 13.9. The third kappa shape index (κ3) is 22.5. The number of carboxylic acid groups (broad SMARTS) is 2. The maximum atomic E-state index is 13.6. The van der Waals surface area contributed by atoms with E-state index in [4.69, 9.17) is 14.0 Å². The minimum absolute atomic E-state index is 0. The van der Waals surface area contributed by atoms with Gasteiger partial charge in [0.1, 0.15) is 12.1 Å². The Labute approximate surface area is 366 Å². The van der Waals surface area contributed by atoms with Gasteiger partial charge in [0, 0.05) is 65.4 Å². The van der Waals surface area contributed by atoms with E-state index in [0.717, 1.165) is 68.7 Å². The number of carboxylic acids is 2. The van der Waals surface area contributed by atoms with E-state index in [2.05, 4.69) is 45.5 Å². The summed E-state index contributed by atoms with van der Waals surface area (Å²) in [6.45, 7) is 16.8. The molecular formula is C44H56N6O9Re. The van der Waals surface area contributed by atoms with Crippen LogP contribution in [0.25, 0.3) is 0 Å². The number of nitrogens with one attached hydrogen (secondary N) is 2. The molecular weight excluding hydrogens is 943 g/mol. The summed E-state index contributed by atoms with van der Waals surface area (Å²) in [4.78, 5) is 62.9. The van der Waals surface area contributed by atoms with Gasteiger partial charge in [0.15, 0.2) is 0 Å². The number of pyridine rings is 2. The topological polar surface area (TPSA) is 225 Å². The number of carbonyl (C=O) groups is 4. The SMILES string of the molecule is O=C(CCCCCCCN(Cc1ccccn1)Cc1ccccn1)NCCCC[C@H](N[C@@H](CCc1ccccc1)C(=O)O)C(=O)N1CCC[C@H]1C(=O)O.[C-]#[O+].[C-]#[O+].[C-]#[O+].[Re]. The van der Waals surface area contributed by atoms with Gasteiger partial charge in [0.2, 0.25) is 11.8 Å². The van der Waals surface area contributed by atoms with Crippen molar-refractivity contribution in [2.75, 3.05) is 19.6 Å². The minimum Gasteiger partial charge on any atom is 0 e. The van der Waals surface area contributed by atoms with Gasteiger partial charge in [0.05, 0.1) is 17.4 Å². The summed E-state index contributed by atoms with van der Waals surface area (Å²) in [7, 11) is 0. The van der Waals surface area contributed by atoms with Crippen molar-refractivity contribution in [2.24, 2.45) is 0 Å². The van der Waals surface area contributed by atoms with Crippen LogP contribution >= 0.6 is 0 Å². The quantitative estimate of drug-likeness (QED) is 0.0499. The molecule has 3 aromatic rings. The van der Waals surface area contributed by atoms with Crippen LogP contribution in [0, 0.1) is 20.0 Å². The first-order valence-corrected chi connectivity index (χ1v) is 19.8. The number of likely N-dealkylation sites (tertiary alicyclic amines) is 1. The number of amides is 2. The Bertz CT molecular complexity index is 1630. The zero-order chi connectivity index (χ0) is 43.7. The third-order valence-corrected chi connectivity index (χ3v) is 9.73. The standard InChI is InChI=1S/C41H56N6O6.3CO.Re/c48-38(22-7-2-1-3-14-28-46(30-33-18-8-11-25-42-33)31-34-19-9-12-26-43-34)44-27-13-10-20-35(39(49)47-29-15-21-37(47)41(52)53)45-36(40(50)51)24-23-32-16-5-4-6-17-32;3*1-2;/h4-6,8-9,11-12,16-19,25-26,35-37,45H,1-3,7,10,13-15,20-24,27-31H2,(H,44,48)(H,50,51)(H,52,53);;;;/t35-,36-,37-;;;;/m0..../s1. The summed E-state index contributed by atoms with van der Waals surface area (Å²) >= 11 is 0. The number of nitrogens with zero attached hydrogens (tertiary/aromatic N) is 4. The van der Waals surface area contributed by atoms with Gasteiger partial charge >= 0.3 is 45.8 Å². The number of aliphatic carboxylic acids is 2. The van der Waals surface area contributed by atoms with Crippen LogP contribution in [0.15, 0.2) is 79.1 Å². The van der Waals surface area contributed by atoms with E-state index in [1.807, 2.05) is 79.1 Å². The summed E-state index contributed by atoms with van der Waals surface area (Å²) in [5.41, 5.74) is 3.08. The molecule has 0 bridgehead atoms. The van der Waals surface area contributed by atoms with E-state index < -0.39 is 30.1 Å². The van der Waals surface area contributed by atoms with Gasteiger partial charge in [-0.2, -0.15) is 0 Å². The first kappa shape index (κ1) is 55.2. The Morgan fingerprint density at radius 3 is 1.90 bits per heavy atom. The van der Waals surface area contributed by atoms with E-state index >= 15 is 0 Å². The number of carbonyl (C=O) groups excluding carboxylic acids is 2. The van der Waals surface area contributed by atoms with Crippen molar-refractivity contribution < 1.29 is 63.8 Å². The van der Waals surface area contributed by atoms with Crippen LogP contribution in [0.3, 0.4) is 0 Å². The van der Waals surface area contributed by atoms with E-state index in [0.29, 0.717) is 58.0 Å². The molecule has 1 aliphatic rings. The Morgan fingerprint density at radius 2 is 1.33 bits per heavy atom. The molecule has 0 aliphatic carbocycles. The molecule has 0 spiro atoms. The Hall–Kier alpha value is -4.80. The zero-order valence-electron chi connectivity index (χ0n) is 33.9. The predicted octanol–water partition coefficient (Wildman–Crippen LogP) is 5.11. The minimum atomic E-state index is -1.05. The van der Waals surface area contributed by atoms with Crippen molar-refractivity contribution in [2.45, 2.75) is 115 Å². The molecule has 2 amide bonds. The van der Waals surface area contributed by atoms with Gasteiger partial charge in [0.25, 0.3) is 0 Å². The molecule has 1 radical (unpaired) electrons. The summed E-state index contributed by atoms with van der Waals surface area (Å²) in [6, 6.07) is 18.8. The Morgan fingerprint density at radius 1 is 0.750 bits per heavy atom. The van der Waals surface area contributed by atoms with E-state index in [1.54, 1.807) is 0 Å². The zero-order valence-corrected chi connectivity index (χ0v) is 36.6. The molecule has 0 saturated carbocycles. The number of unbranched alkanes of at least 4 members (excludes halogenated alkanes) is 5. The van der Waals surface area contributed by atoms with Crippen molar-refractivity contribution >= 4 is 23.8 Å². The summed E-state index contributed by atoms with van der Waals surface area (Å²) in [5, 5.41) is 25.7. The number of benzene rings is 1. The average molecular weight is 999 g/mol. The van der Waals surface area contributed by atoms with Crippen molar-refractivity contribution in [1.82, 2.24) is 30.4 Å². The van der Waals surface area contributed by atoms with Gasteiger partial charge in [-0.1, -0.05) is 61.7 Å². The molecule has 0 unspecified atom stereocenters. The monoisotopic (exact) mass is 999 g/mol. The first-order chi connectivity index (χ1) is 28.8. The number of aryl methyl sites for hydroxylation is 1. The van der Waals surface area contributed by atoms with Crippen LogP contribution in [-0.4, -0.2) is 91.5 Å². The van der Waals surface area contributed by atoms with Crippen molar-refractivity contribution in [3.05, 3.63) is 116 Å². The molecule has 1 fully saturated rings. The number of hydrogen-bond donors (Lipinski definition) is 4. The van der Waals surface area contributed by atoms with Gasteiger partial charge in [-0.15, -0.1) is 0 Å². The maximum absolute atomic E-state index is 13.6. The predicted molar refractivity (Wildman–Crippen MR) is 214 cm³/mol. The first-order valence-electron chi connectivity index (χ1n) is 19.8. The van der Waals surface area contributed by atoms with E-state index in [9.17, 15) is 29.4 Å². The Balaban J connectivity index is 0.00000475. The number of rotatable bonds is 25. The fourth-order valence-electron chi connectivity index (χ4n) is 6.84. The Kier molecular flexibility index (Phi) is 32.2. The van der Waals surface area contributed by atoms with Crippen LogP contribution in [0.2, 0.25) is 0 Å². The van der Waals surface area contributed by atoms with Crippen molar-refractivity contribution in [3.63, 3.8) is 0 Å². The molecule has 1 aromatic carbocycles. The largest absolute Gasteiger partial charge is 0 e. The van der Waals surface area contributed by atoms with Gasteiger partial charge in [-0.05, 0) is 94.2 Å². The summed E-state index contributed by atoms with van der Waals surface area (Å²) < 4.78 is 22.5.